The molecule has 1 fully saturated rings. The summed E-state index contributed by atoms with van der Waals surface area (Å²) in [6, 6.07) is 99.8. The average Bonchev–Trinajstić information content (AvgIpc) is 1.51. The Balaban J connectivity index is 0.517. The number of aryl methyl sites for hydroxylation is 4. The van der Waals surface area contributed by atoms with Gasteiger partial charge in [0.15, 0.2) is 0 Å². The Kier molecular flexibility index (Phi) is 25.4. The maximum atomic E-state index is 2.77. The van der Waals surface area contributed by atoms with Crippen LogP contribution in [-0.2, 0) is 37.9 Å². The lowest BCUT2D eigenvalue weighted by Crippen LogP contribution is -2.34. The highest BCUT2D eigenvalue weighted by molar-refractivity contribution is 6.13. The quantitative estimate of drug-likeness (QED) is 0.0353. The molecule has 15 aromatic carbocycles. The molecule has 8 aliphatic carbocycles. The van der Waals surface area contributed by atoms with Crippen molar-refractivity contribution in [3.8, 4) is 134 Å². The molecule has 0 N–H and O–H groups in total. The minimum absolute atomic E-state index is 0.0457. The van der Waals surface area contributed by atoms with Crippen molar-refractivity contribution in [3.63, 3.8) is 0 Å². The zero-order valence-corrected chi connectivity index (χ0v) is 91.4. The van der Waals surface area contributed by atoms with Gasteiger partial charge in [-0.25, -0.2) is 0 Å². The molecule has 0 amide bonds. The number of fused-ring (bicyclic) bond motifs is 25. The fraction of sp³-hybridized carbons (Fsp3) is 0.407. The third kappa shape index (κ3) is 15.8. The molecule has 0 aromatic heterocycles. The summed E-state index contributed by atoms with van der Waals surface area (Å²) in [5.41, 5.74) is 58.3. The molecule has 2 atom stereocenters. The van der Waals surface area contributed by atoms with Crippen LogP contribution in [-0.4, -0.2) is 0 Å². The Hall–Kier alpha value is -11.2. The summed E-state index contributed by atoms with van der Waals surface area (Å²) in [5.74, 6) is 1.53. The van der Waals surface area contributed by atoms with Crippen molar-refractivity contribution in [3.05, 3.63) is 343 Å². The van der Waals surface area contributed by atoms with Gasteiger partial charge in [0.05, 0.1) is 0 Å². The van der Waals surface area contributed by atoms with Gasteiger partial charge < -0.3 is 0 Å². The molecule has 0 heteroatoms. The molecule has 2 unspecified atom stereocenters. The van der Waals surface area contributed by atoms with Crippen molar-refractivity contribution < 1.29 is 0 Å². The zero-order valence-electron chi connectivity index (χ0n) is 91.4. The molecular formula is C145H160. The highest BCUT2D eigenvalue weighted by Gasteiger charge is 2.53. The molecule has 145 heavy (non-hydrogen) atoms. The largest absolute Gasteiger partial charge is 0.0654 e. The summed E-state index contributed by atoms with van der Waals surface area (Å²) < 4.78 is 0. The molecule has 8 aliphatic rings. The van der Waals surface area contributed by atoms with Gasteiger partial charge in [0.25, 0.3) is 0 Å². The first-order chi connectivity index (χ1) is 70.2. The monoisotopic (exact) mass is 1900 g/mol. The van der Waals surface area contributed by atoms with Crippen LogP contribution in [0.1, 0.15) is 408 Å². The fourth-order valence-electron chi connectivity index (χ4n) is 31.1. The molecule has 0 bridgehead atoms. The Bertz CT molecular complexity index is 7590. The van der Waals surface area contributed by atoms with Crippen LogP contribution in [0.15, 0.2) is 243 Å². The molecule has 0 aliphatic heterocycles. The summed E-state index contributed by atoms with van der Waals surface area (Å²) in [7, 11) is 0. The maximum absolute atomic E-state index is 2.77. The summed E-state index contributed by atoms with van der Waals surface area (Å²) in [6.07, 6.45) is 43.2. The lowest BCUT2D eigenvalue weighted by Gasteiger charge is -2.41. The van der Waals surface area contributed by atoms with Gasteiger partial charge in [0.2, 0.25) is 0 Å². The van der Waals surface area contributed by atoms with Crippen LogP contribution >= 0.6 is 0 Å². The second-order valence-electron chi connectivity index (χ2n) is 49.7. The third-order valence-electron chi connectivity index (χ3n) is 39.2. The van der Waals surface area contributed by atoms with Gasteiger partial charge in [-0.1, -0.05) is 440 Å². The predicted molar refractivity (Wildman–Crippen MR) is 625 cm³/mol. The molecule has 23 rings (SSSR count). The van der Waals surface area contributed by atoms with Crippen LogP contribution in [0.3, 0.4) is 0 Å². The summed E-state index contributed by atoms with van der Waals surface area (Å²) in [6.45, 7) is 43.9. The molecule has 1 saturated carbocycles. The van der Waals surface area contributed by atoms with E-state index in [1.807, 2.05) is 0 Å². The van der Waals surface area contributed by atoms with Crippen molar-refractivity contribution in [2.45, 2.75) is 374 Å². The summed E-state index contributed by atoms with van der Waals surface area (Å²) in [4.78, 5) is 0. The van der Waals surface area contributed by atoms with E-state index in [4.69, 9.17) is 0 Å². The van der Waals surface area contributed by atoms with Crippen LogP contribution in [0.4, 0.5) is 0 Å². The highest BCUT2D eigenvalue weighted by Crippen LogP contribution is 2.67. The third-order valence-corrected chi connectivity index (χ3v) is 39.2. The van der Waals surface area contributed by atoms with Crippen LogP contribution in [0.5, 0.6) is 0 Å². The van der Waals surface area contributed by atoms with Crippen molar-refractivity contribution in [2.75, 3.05) is 0 Å². The van der Waals surface area contributed by atoms with E-state index < -0.39 is 0 Å². The van der Waals surface area contributed by atoms with Crippen molar-refractivity contribution in [1.29, 1.82) is 0 Å². The number of hydrogen-bond acceptors (Lipinski definition) is 0. The standard InChI is InChI=1S/C145H160/c1-19-23-27-31-35-47-71-144(72-48-36-32-28-24-20-2)123-57-45-43-53-103(123)109-67-61-97(81-133(109)144)95-59-65-105-107-69-63-99(83-127(107)139(9,10)125(105)79-95)113-75-93(7)115(77-91(113)5)117-85-135-137(111-55-41-39-51-101(111)117)121-89-129-119(87-131(121)142(135,15)16)120-88-132-122(90-130(120)141(129,13)14)138-112-56-42-40-52-102(112)118(86-136(138)143(132,17)18)116-78-92(6)114(76-94(116)8)100-64-70-108-106-66-60-96(80-126(106)140(11,12)128(108)84-100)98-62-68-110-104-54-44-46-58-124(104)145(134(110)82-98,73-49-37-33-29-25-21-3)74-50-38-34-30-26-22-4/h39-43,45,51-53,55-57,59-70,75-90,104,124H,19-38,44,46-50,54,58,71-74H2,1-18H3. The highest BCUT2D eigenvalue weighted by atomic mass is 14.6. The second kappa shape index (κ2) is 37.9. The van der Waals surface area contributed by atoms with Crippen LogP contribution in [0.25, 0.3) is 155 Å². The topological polar surface area (TPSA) is 0 Å². The van der Waals surface area contributed by atoms with E-state index in [0.29, 0.717) is 5.41 Å². The number of unbranched alkanes of at least 4 members (excludes halogenated alkanes) is 20. The molecule has 0 saturated heterocycles. The van der Waals surface area contributed by atoms with Crippen LogP contribution in [0.2, 0.25) is 0 Å². The van der Waals surface area contributed by atoms with Crippen molar-refractivity contribution in [2.24, 2.45) is 5.92 Å². The van der Waals surface area contributed by atoms with Gasteiger partial charge in [0, 0.05) is 32.5 Å². The Labute approximate surface area is 871 Å². The van der Waals surface area contributed by atoms with Crippen molar-refractivity contribution >= 4 is 21.5 Å². The van der Waals surface area contributed by atoms with Gasteiger partial charge in [-0.05, 0) is 405 Å². The molecule has 0 heterocycles. The number of benzene rings is 15. The number of rotatable bonds is 34. The van der Waals surface area contributed by atoms with Crippen LogP contribution < -0.4 is 0 Å². The Morgan fingerprint density at radius 3 is 0.924 bits per heavy atom. The van der Waals surface area contributed by atoms with Gasteiger partial charge in [0.1, 0.15) is 0 Å². The van der Waals surface area contributed by atoms with Gasteiger partial charge in [-0.3, -0.25) is 0 Å². The molecule has 0 nitrogen and oxygen atoms in total. The summed E-state index contributed by atoms with van der Waals surface area (Å²) in [5, 5.41) is 5.33. The summed E-state index contributed by atoms with van der Waals surface area (Å²) >= 11 is 0. The van der Waals surface area contributed by atoms with Crippen molar-refractivity contribution in [1.82, 2.24) is 0 Å². The van der Waals surface area contributed by atoms with E-state index >= 15 is 0 Å². The second-order valence-corrected chi connectivity index (χ2v) is 49.7. The van der Waals surface area contributed by atoms with E-state index in [2.05, 4.69) is 367 Å². The molecule has 0 spiro atoms. The smallest absolute Gasteiger partial charge is 0.0215 e. The number of hydrogen-bond donors (Lipinski definition) is 0. The van der Waals surface area contributed by atoms with E-state index in [9.17, 15) is 0 Å². The lowest BCUT2D eigenvalue weighted by atomic mass is 9.63. The Morgan fingerprint density at radius 1 is 0.207 bits per heavy atom. The first kappa shape index (κ1) is 97.2. The van der Waals surface area contributed by atoms with Gasteiger partial charge in [-0.15, -0.1) is 0 Å². The fourth-order valence-corrected chi connectivity index (χ4v) is 31.1. The SMILES string of the molecule is CCCCCCCCC1(CCCCCCCC)c2ccccc2-c2ccc(-c3ccc4c(c3)C(C)(C)c3cc(-c5cc(C)c(-c6cc7c(c8ccccc68)-c6cc8c(cc6C7(C)C)-c6cc7c(cc6C8(C)C)-c6c(cc(-c8cc(C)c(-c9ccc%10c(c9)C(C)(C)c9cc(-c%11ccc%12c(c%11)C(CCCCCCCC)(CCCCCCCC)C%11CCCCC%12%11)ccc9-%10)cc8C)c8ccccc68)C7(C)C)cc5C)ccc3-4)cc21. The maximum Gasteiger partial charge on any atom is 0.0215 e. The predicted octanol–water partition coefficient (Wildman–Crippen LogP) is 42.6. The Morgan fingerprint density at radius 2 is 0.497 bits per heavy atom. The van der Waals surface area contributed by atoms with E-state index in [0.717, 1.165) is 11.8 Å². The first-order valence-electron chi connectivity index (χ1n) is 57.9. The first-order valence-corrected chi connectivity index (χ1v) is 57.9. The van der Waals surface area contributed by atoms with E-state index in [1.165, 1.54) is 438 Å². The van der Waals surface area contributed by atoms with Gasteiger partial charge >= 0.3 is 0 Å². The lowest BCUT2D eigenvalue weighted by molar-refractivity contribution is 0.170. The molecule has 0 radical (unpaired) electrons. The zero-order chi connectivity index (χ0) is 100. The normalized spacial score (nSPS) is 17.4. The minimum atomic E-state index is -0.272. The van der Waals surface area contributed by atoms with Gasteiger partial charge in [-0.2, -0.15) is 0 Å². The van der Waals surface area contributed by atoms with E-state index in [-0.39, 0.29) is 32.5 Å². The van der Waals surface area contributed by atoms with E-state index in [1.54, 1.807) is 22.3 Å². The average molecular weight is 1900 g/mol. The minimum Gasteiger partial charge on any atom is -0.0654 e. The molecular weight excluding hydrogens is 1740 g/mol. The van der Waals surface area contributed by atoms with Crippen LogP contribution in [0, 0.1) is 33.6 Å². The molecule has 15 aromatic rings. The molecule has 740 valence electrons.